The summed E-state index contributed by atoms with van der Waals surface area (Å²) in [5, 5.41) is 13.2. The quantitative estimate of drug-likeness (QED) is 0.393. The van der Waals surface area contributed by atoms with Crippen LogP contribution in [0.4, 0.5) is 5.82 Å². The normalized spacial score (nSPS) is 12.0. The van der Waals surface area contributed by atoms with Gasteiger partial charge in [0.15, 0.2) is 17.6 Å². The maximum absolute atomic E-state index is 12.9. The van der Waals surface area contributed by atoms with Crippen LogP contribution >= 0.6 is 11.6 Å². The number of aromatic nitrogens is 6. The summed E-state index contributed by atoms with van der Waals surface area (Å²) in [5.41, 5.74) is 2.11. The molecule has 1 atom stereocenters. The number of nitrogens with one attached hydrogen (secondary N) is 1. The van der Waals surface area contributed by atoms with E-state index in [9.17, 15) is 4.79 Å². The number of anilines is 1. The summed E-state index contributed by atoms with van der Waals surface area (Å²) in [5.74, 6) is 1.25. The van der Waals surface area contributed by atoms with Crippen LogP contribution in [0.5, 0.6) is 5.75 Å². The summed E-state index contributed by atoms with van der Waals surface area (Å²) in [7, 11) is 0. The SMILES string of the molecule is Cc1cc(NC(=O)[C@H](C)Oc2ccccc2)n(-c2ncnc3c2cnn3-c2ccc(Cl)cc2)n1. The van der Waals surface area contributed by atoms with Crippen LogP contribution in [-0.2, 0) is 4.79 Å². The summed E-state index contributed by atoms with van der Waals surface area (Å²) >= 11 is 6.01. The standard InChI is InChI=1S/C24H20ClN7O2/c1-15-12-21(29-24(33)16(2)34-19-6-4-3-5-7-19)32(30-15)23-20-13-28-31(22(20)26-14-27-23)18-10-8-17(25)9-11-18/h3-14,16H,1-2H3,(H,29,33)/t16-/m0/s1. The van der Waals surface area contributed by atoms with E-state index in [1.165, 1.54) is 6.33 Å². The van der Waals surface area contributed by atoms with Crippen molar-refractivity contribution in [2.75, 3.05) is 5.32 Å². The number of amides is 1. The lowest BCUT2D eigenvalue weighted by molar-refractivity contribution is -0.122. The van der Waals surface area contributed by atoms with E-state index in [2.05, 4.69) is 25.5 Å². The molecular weight excluding hydrogens is 454 g/mol. The lowest BCUT2D eigenvalue weighted by Gasteiger charge is -2.15. The maximum Gasteiger partial charge on any atom is 0.266 e. The number of ether oxygens (including phenoxy) is 1. The van der Waals surface area contributed by atoms with Gasteiger partial charge < -0.3 is 10.1 Å². The summed E-state index contributed by atoms with van der Waals surface area (Å²) in [4.78, 5) is 21.7. The molecule has 1 N–H and O–H groups in total. The zero-order valence-electron chi connectivity index (χ0n) is 18.4. The molecular formula is C24H20ClN7O2. The largest absolute Gasteiger partial charge is 0.481 e. The zero-order valence-corrected chi connectivity index (χ0v) is 19.1. The third kappa shape index (κ3) is 4.20. The predicted octanol–water partition coefficient (Wildman–Crippen LogP) is 4.37. The fraction of sp³-hybridized carbons (Fsp3) is 0.125. The maximum atomic E-state index is 12.9. The van der Waals surface area contributed by atoms with Crippen molar-refractivity contribution in [3.05, 3.63) is 83.9 Å². The van der Waals surface area contributed by atoms with Crippen molar-refractivity contribution in [3.63, 3.8) is 0 Å². The van der Waals surface area contributed by atoms with E-state index in [-0.39, 0.29) is 5.91 Å². The van der Waals surface area contributed by atoms with E-state index in [1.54, 1.807) is 52.8 Å². The molecule has 0 radical (unpaired) electrons. The van der Waals surface area contributed by atoms with Crippen LogP contribution in [-0.4, -0.2) is 41.5 Å². The number of carbonyl (C=O) groups excluding carboxylic acids is 1. The molecule has 0 aliphatic heterocycles. The number of benzene rings is 2. The van der Waals surface area contributed by atoms with E-state index in [4.69, 9.17) is 16.3 Å². The lowest BCUT2D eigenvalue weighted by atomic mass is 10.3. The van der Waals surface area contributed by atoms with Crippen molar-refractivity contribution < 1.29 is 9.53 Å². The second kappa shape index (κ2) is 8.95. The number of para-hydroxylation sites is 1. The Hall–Kier alpha value is -4.24. The summed E-state index contributed by atoms with van der Waals surface area (Å²) in [6.45, 7) is 3.53. The first-order valence-electron chi connectivity index (χ1n) is 10.5. The number of hydrogen-bond acceptors (Lipinski definition) is 6. The van der Waals surface area contributed by atoms with E-state index in [0.717, 1.165) is 5.69 Å². The van der Waals surface area contributed by atoms with Crippen LogP contribution in [0.3, 0.4) is 0 Å². The van der Waals surface area contributed by atoms with Gasteiger partial charge in [-0.1, -0.05) is 29.8 Å². The Morgan fingerprint density at radius 2 is 1.82 bits per heavy atom. The summed E-state index contributed by atoms with van der Waals surface area (Å²) in [6.07, 6.45) is 2.39. The van der Waals surface area contributed by atoms with Gasteiger partial charge in [-0.2, -0.15) is 14.9 Å². The molecule has 9 nitrogen and oxygen atoms in total. The van der Waals surface area contributed by atoms with Gasteiger partial charge in [0.25, 0.3) is 5.91 Å². The van der Waals surface area contributed by atoms with E-state index < -0.39 is 6.10 Å². The van der Waals surface area contributed by atoms with Crippen molar-refractivity contribution >= 4 is 34.4 Å². The number of hydrogen-bond donors (Lipinski definition) is 1. The summed E-state index contributed by atoms with van der Waals surface area (Å²) < 4.78 is 9.01. The smallest absolute Gasteiger partial charge is 0.266 e. The highest BCUT2D eigenvalue weighted by Gasteiger charge is 2.20. The monoisotopic (exact) mass is 473 g/mol. The van der Waals surface area contributed by atoms with Crippen LogP contribution in [0.25, 0.3) is 22.5 Å². The average Bonchev–Trinajstić information content (AvgIpc) is 3.43. The van der Waals surface area contributed by atoms with Crippen molar-refractivity contribution in [1.29, 1.82) is 0 Å². The van der Waals surface area contributed by atoms with Crippen LogP contribution in [0.2, 0.25) is 5.02 Å². The number of aryl methyl sites for hydroxylation is 1. The van der Waals surface area contributed by atoms with Crippen LogP contribution in [0.15, 0.2) is 73.2 Å². The molecule has 0 spiro atoms. The number of nitrogens with zero attached hydrogens (tertiary/aromatic N) is 6. The molecule has 3 aromatic heterocycles. The molecule has 0 bridgehead atoms. The molecule has 170 valence electrons. The Kier molecular flexibility index (Phi) is 5.69. The topological polar surface area (TPSA) is 99.7 Å². The molecule has 0 unspecified atom stereocenters. The second-order valence-corrected chi connectivity index (χ2v) is 8.05. The highest BCUT2D eigenvalue weighted by molar-refractivity contribution is 6.30. The van der Waals surface area contributed by atoms with Crippen molar-refractivity contribution in [2.45, 2.75) is 20.0 Å². The molecule has 0 fully saturated rings. The highest BCUT2D eigenvalue weighted by atomic mass is 35.5. The molecule has 0 aliphatic carbocycles. The molecule has 3 heterocycles. The Bertz CT molecular complexity index is 1460. The second-order valence-electron chi connectivity index (χ2n) is 7.61. The third-order valence-corrected chi connectivity index (χ3v) is 5.38. The minimum absolute atomic E-state index is 0.313. The average molecular weight is 474 g/mol. The van der Waals surface area contributed by atoms with Crippen LogP contribution < -0.4 is 10.1 Å². The number of rotatable bonds is 6. The number of carbonyl (C=O) groups is 1. The fourth-order valence-electron chi connectivity index (χ4n) is 3.51. The first-order valence-corrected chi connectivity index (χ1v) is 10.9. The van der Waals surface area contributed by atoms with Gasteiger partial charge in [0.1, 0.15) is 17.9 Å². The summed E-state index contributed by atoms with van der Waals surface area (Å²) in [6, 6.07) is 18.2. The minimum Gasteiger partial charge on any atom is -0.481 e. The predicted molar refractivity (Wildman–Crippen MR) is 129 cm³/mol. The van der Waals surface area contributed by atoms with Gasteiger partial charge in [0.05, 0.1) is 23.0 Å². The molecule has 5 aromatic rings. The van der Waals surface area contributed by atoms with Gasteiger partial charge in [0, 0.05) is 11.1 Å². The molecule has 5 rings (SSSR count). The molecule has 0 aliphatic rings. The van der Waals surface area contributed by atoms with Gasteiger partial charge in [-0.25, -0.2) is 14.6 Å². The van der Waals surface area contributed by atoms with Gasteiger partial charge in [0.2, 0.25) is 0 Å². The molecule has 2 aromatic carbocycles. The Labute approximate surface area is 200 Å². The fourth-order valence-corrected chi connectivity index (χ4v) is 3.63. The molecule has 0 saturated carbocycles. The Balaban J connectivity index is 1.46. The van der Waals surface area contributed by atoms with Crippen molar-refractivity contribution in [2.24, 2.45) is 0 Å². The first kappa shape index (κ1) is 21.6. The number of fused-ring (bicyclic) bond motifs is 1. The van der Waals surface area contributed by atoms with E-state index >= 15 is 0 Å². The Morgan fingerprint density at radius 1 is 1.06 bits per heavy atom. The molecule has 10 heteroatoms. The van der Waals surface area contributed by atoms with Gasteiger partial charge >= 0.3 is 0 Å². The minimum atomic E-state index is -0.718. The van der Waals surface area contributed by atoms with Crippen LogP contribution in [0, 0.1) is 6.92 Å². The van der Waals surface area contributed by atoms with Crippen LogP contribution in [0.1, 0.15) is 12.6 Å². The zero-order chi connectivity index (χ0) is 23.7. The third-order valence-electron chi connectivity index (χ3n) is 5.12. The Morgan fingerprint density at radius 3 is 2.59 bits per heavy atom. The molecule has 1 amide bonds. The van der Waals surface area contributed by atoms with Gasteiger partial charge in [-0.05, 0) is 50.2 Å². The number of halogens is 1. The van der Waals surface area contributed by atoms with Gasteiger partial charge in [-0.15, -0.1) is 0 Å². The molecule has 34 heavy (non-hydrogen) atoms. The van der Waals surface area contributed by atoms with E-state index in [1.807, 2.05) is 37.3 Å². The van der Waals surface area contributed by atoms with E-state index in [0.29, 0.717) is 39.1 Å². The van der Waals surface area contributed by atoms with Crippen molar-refractivity contribution in [1.82, 2.24) is 29.5 Å². The molecule has 0 saturated heterocycles. The van der Waals surface area contributed by atoms with Gasteiger partial charge in [-0.3, -0.25) is 4.79 Å². The van der Waals surface area contributed by atoms with Crippen molar-refractivity contribution in [3.8, 4) is 17.3 Å². The lowest BCUT2D eigenvalue weighted by Crippen LogP contribution is -2.31. The first-order chi connectivity index (χ1) is 16.5. The highest BCUT2D eigenvalue weighted by Crippen LogP contribution is 2.25.